The van der Waals surface area contributed by atoms with Gasteiger partial charge >= 0.3 is 6.03 Å². The number of hydrogen-bond donors (Lipinski definition) is 2. The molecule has 0 bridgehead atoms. The molecule has 2 saturated heterocycles. The van der Waals surface area contributed by atoms with Gasteiger partial charge in [0.05, 0.1) is 19.8 Å². The molecular weight excluding hydrogens is 310 g/mol. The summed E-state index contributed by atoms with van der Waals surface area (Å²) >= 11 is 0. The number of rotatable bonds is 5. The van der Waals surface area contributed by atoms with Crippen LogP contribution in [-0.2, 0) is 9.53 Å². The summed E-state index contributed by atoms with van der Waals surface area (Å²) in [6, 6.07) is -0.381. The highest BCUT2D eigenvalue weighted by Gasteiger charge is 2.29. The maximum Gasteiger partial charge on any atom is 0.314 e. The summed E-state index contributed by atoms with van der Waals surface area (Å²) in [4.78, 5) is 29.6. The molecule has 8 nitrogen and oxygen atoms in total. The summed E-state index contributed by atoms with van der Waals surface area (Å²) in [5.41, 5.74) is 5.24. The molecule has 0 saturated carbocycles. The average Bonchev–Trinajstić information content (AvgIpc) is 2.80. The van der Waals surface area contributed by atoms with E-state index in [1.165, 1.54) is 0 Å². The lowest BCUT2D eigenvalue weighted by atomic mass is 10.0. The first-order valence-corrected chi connectivity index (χ1v) is 8.75. The summed E-state index contributed by atoms with van der Waals surface area (Å²) in [5.74, 6) is 0.0314. The third-order valence-corrected chi connectivity index (χ3v) is 4.85. The lowest BCUT2D eigenvalue weighted by molar-refractivity contribution is -0.123. The van der Waals surface area contributed by atoms with Crippen LogP contribution in [0.1, 0.15) is 20.3 Å². The van der Waals surface area contributed by atoms with Gasteiger partial charge < -0.3 is 20.7 Å². The number of hydrogen-bond acceptors (Lipinski definition) is 5. The molecule has 0 aromatic carbocycles. The highest BCUT2D eigenvalue weighted by atomic mass is 16.5. The molecule has 24 heavy (non-hydrogen) atoms. The van der Waals surface area contributed by atoms with Crippen molar-refractivity contribution in [3.63, 3.8) is 0 Å². The lowest BCUT2D eigenvalue weighted by Crippen LogP contribution is -2.56. The number of morpholine rings is 1. The molecule has 0 unspecified atom stereocenters. The molecule has 0 aromatic heterocycles. The number of nitrogens with one attached hydrogen (secondary N) is 1. The molecule has 0 atom stereocenters. The molecule has 8 heteroatoms. The number of primary amides is 1. The van der Waals surface area contributed by atoms with Crippen molar-refractivity contribution >= 4 is 11.9 Å². The van der Waals surface area contributed by atoms with Crippen LogP contribution in [0.25, 0.3) is 0 Å². The molecule has 0 aliphatic carbocycles. The summed E-state index contributed by atoms with van der Waals surface area (Å²) in [6.45, 7) is 11.3. The Hall–Kier alpha value is -1.38. The number of ether oxygens (including phenoxy) is 1. The number of nitrogens with two attached hydrogens (primary N) is 1. The minimum absolute atomic E-state index is 0.0314. The average molecular weight is 341 g/mol. The highest BCUT2D eigenvalue weighted by molar-refractivity contribution is 5.78. The summed E-state index contributed by atoms with van der Waals surface area (Å²) in [6.07, 6.45) is 0.843. The van der Waals surface area contributed by atoms with Crippen LogP contribution >= 0.6 is 0 Å². The van der Waals surface area contributed by atoms with E-state index in [0.717, 1.165) is 39.3 Å². The number of amides is 3. The predicted molar refractivity (Wildman–Crippen MR) is 91.7 cm³/mol. The maximum atomic E-state index is 12.3. The van der Waals surface area contributed by atoms with Gasteiger partial charge in [-0.1, -0.05) is 0 Å². The van der Waals surface area contributed by atoms with Crippen LogP contribution < -0.4 is 11.1 Å². The normalized spacial score (nSPS) is 21.3. The van der Waals surface area contributed by atoms with Crippen molar-refractivity contribution in [2.45, 2.75) is 25.8 Å². The molecule has 2 heterocycles. The van der Waals surface area contributed by atoms with Crippen LogP contribution in [0.2, 0.25) is 0 Å². The molecule has 0 aromatic rings. The summed E-state index contributed by atoms with van der Waals surface area (Å²) in [7, 11) is 0. The topological polar surface area (TPSA) is 91.1 Å². The zero-order valence-electron chi connectivity index (χ0n) is 14.9. The van der Waals surface area contributed by atoms with Gasteiger partial charge in [-0.3, -0.25) is 14.6 Å². The van der Waals surface area contributed by atoms with E-state index in [9.17, 15) is 9.59 Å². The van der Waals surface area contributed by atoms with Gasteiger partial charge in [0.1, 0.15) is 0 Å². The molecule has 138 valence electrons. The van der Waals surface area contributed by atoms with E-state index in [1.807, 2.05) is 0 Å². The third kappa shape index (κ3) is 5.61. The van der Waals surface area contributed by atoms with Crippen molar-refractivity contribution in [1.29, 1.82) is 0 Å². The van der Waals surface area contributed by atoms with Gasteiger partial charge in [0.15, 0.2) is 0 Å². The standard InChI is InChI=1S/C16H31N5O3/c1-16(2,21-8-10-24-11-9-21)13-18-14(22)12-19-4-3-5-20(7-6-19)15(17)23/h3-13H2,1-2H3,(H2,17,23)(H,18,22). The molecule has 2 rings (SSSR count). The SMILES string of the molecule is CC(C)(CNC(=O)CN1CCCN(C(N)=O)CC1)N1CCOCC1. The Morgan fingerprint density at radius 2 is 1.79 bits per heavy atom. The van der Waals surface area contributed by atoms with Crippen molar-refractivity contribution in [1.82, 2.24) is 20.0 Å². The number of carbonyl (C=O) groups excluding carboxylic acids is 2. The zero-order chi connectivity index (χ0) is 17.6. The van der Waals surface area contributed by atoms with Crippen LogP contribution in [0.3, 0.4) is 0 Å². The fourth-order valence-corrected chi connectivity index (χ4v) is 3.20. The molecule has 0 radical (unpaired) electrons. The first kappa shape index (κ1) is 19.0. The predicted octanol–water partition coefficient (Wildman–Crippen LogP) is -0.700. The second-order valence-electron chi connectivity index (χ2n) is 7.14. The van der Waals surface area contributed by atoms with Crippen molar-refractivity contribution < 1.29 is 14.3 Å². The van der Waals surface area contributed by atoms with Crippen LogP contribution in [0.15, 0.2) is 0 Å². The van der Waals surface area contributed by atoms with E-state index in [2.05, 4.69) is 29.0 Å². The Morgan fingerprint density at radius 1 is 1.08 bits per heavy atom. The zero-order valence-corrected chi connectivity index (χ0v) is 14.9. The first-order valence-electron chi connectivity index (χ1n) is 8.75. The van der Waals surface area contributed by atoms with Crippen molar-refractivity contribution in [3.05, 3.63) is 0 Å². The van der Waals surface area contributed by atoms with Gasteiger partial charge in [0, 0.05) is 51.4 Å². The molecule has 3 N–H and O–H groups in total. The smallest absolute Gasteiger partial charge is 0.314 e. The van der Waals surface area contributed by atoms with Gasteiger partial charge in [-0.05, 0) is 20.3 Å². The van der Waals surface area contributed by atoms with E-state index in [1.54, 1.807) is 4.90 Å². The minimum Gasteiger partial charge on any atom is -0.379 e. The van der Waals surface area contributed by atoms with Crippen LogP contribution in [0.5, 0.6) is 0 Å². The maximum absolute atomic E-state index is 12.3. The van der Waals surface area contributed by atoms with Crippen LogP contribution in [0.4, 0.5) is 4.79 Å². The number of nitrogens with zero attached hydrogens (tertiary/aromatic N) is 3. The fourth-order valence-electron chi connectivity index (χ4n) is 3.20. The second kappa shape index (κ2) is 8.64. The first-order chi connectivity index (χ1) is 11.4. The molecule has 2 aliphatic heterocycles. The Morgan fingerprint density at radius 3 is 2.46 bits per heavy atom. The van der Waals surface area contributed by atoms with Crippen molar-refractivity contribution in [3.8, 4) is 0 Å². The van der Waals surface area contributed by atoms with Crippen LogP contribution in [-0.4, -0.2) is 97.7 Å². The molecular formula is C16H31N5O3. The second-order valence-corrected chi connectivity index (χ2v) is 7.14. The Balaban J connectivity index is 1.73. The summed E-state index contributed by atoms with van der Waals surface area (Å²) < 4.78 is 5.39. The van der Waals surface area contributed by atoms with Crippen molar-refractivity contribution in [2.75, 3.05) is 65.6 Å². The number of urea groups is 1. The quantitative estimate of drug-likeness (QED) is 0.690. The number of carbonyl (C=O) groups is 2. The van der Waals surface area contributed by atoms with Gasteiger partial charge in [-0.2, -0.15) is 0 Å². The Labute approximate surface area is 144 Å². The monoisotopic (exact) mass is 341 g/mol. The van der Waals surface area contributed by atoms with Gasteiger partial charge in [0.2, 0.25) is 5.91 Å². The van der Waals surface area contributed by atoms with Crippen LogP contribution in [0, 0.1) is 0 Å². The van der Waals surface area contributed by atoms with E-state index in [-0.39, 0.29) is 17.5 Å². The molecule has 2 fully saturated rings. The molecule has 0 spiro atoms. The van der Waals surface area contributed by atoms with E-state index in [0.29, 0.717) is 32.7 Å². The third-order valence-electron chi connectivity index (χ3n) is 4.85. The van der Waals surface area contributed by atoms with E-state index >= 15 is 0 Å². The molecule has 3 amide bonds. The van der Waals surface area contributed by atoms with Gasteiger partial charge in [-0.15, -0.1) is 0 Å². The van der Waals surface area contributed by atoms with Gasteiger partial charge in [0.25, 0.3) is 0 Å². The Bertz CT molecular complexity index is 437. The van der Waals surface area contributed by atoms with E-state index in [4.69, 9.17) is 10.5 Å². The molecule has 2 aliphatic rings. The lowest BCUT2D eigenvalue weighted by Gasteiger charge is -2.41. The highest BCUT2D eigenvalue weighted by Crippen LogP contribution is 2.15. The Kier molecular flexibility index (Phi) is 6.82. The van der Waals surface area contributed by atoms with Gasteiger partial charge in [-0.25, -0.2) is 4.79 Å². The largest absolute Gasteiger partial charge is 0.379 e. The van der Waals surface area contributed by atoms with Crippen molar-refractivity contribution in [2.24, 2.45) is 5.73 Å². The van der Waals surface area contributed by atoms with E-state index < -0.39 is 0 Å². The minimum atomic E-state index is -0.381. The summed E-state index contributed by atoms with van der Waals surface area (Å²) in [5, 5.41) is 3.05. The fraction of sp³-hybridized carbons (Fsp3) is 0.875.